The van der Waals surface area contributed by atoms with Gasteiger partial charge in [-0.25, -0.2) is 0 Å². The molecule has 5 nitrogen and oxygen atoms in total. The van der Waals surface area contributed by atoms with Gasteiger partial charge in [-0.05, 0) is 24.3 Å². The highest BCUT2D eigenvalue weighted by Crippen LogP contribution is 2.36. The van der Waals surface area contributed by atoms with Gasteiger partial charge in [-0.3, -0.25) is 14.6 Å². The van der Waals surface area contributed by atoms with E-state index in [1.54, 1.807) is 0 Å². The normalized spacial score (nSPS) is 10.9. The number of amides is 2. The number of hydrogen-bond donors (Lipinski definition) is 2. The van der Waals surface area contributed by atoms with Crippen LogP contribution in [0.2, 0.25) is 5.02 Å². The first kappa shape index (κ1) is 19.5. The Morgan fingerprint density at radius 1 is 1.15 bits per heavy atom. The largest absolute Gasteiger partial charge is 0.418 e. The molecule has 2 rings (SSSR count). The molecule has 2 amide bonds. The van der Waals surface area contributed by atoms with Crippen molar-refractivity contribution >= 4 is 29.1 Å². The zero-order valence-corrected chi connectivity index (χ0v) is 14.0. The summed E-state index contributed by atoms with van der Waals surface area (Å²) in [5.41, 5.74) is -1.51. The summed E-state index contributed by atoms with van der Waals surface area (Å²) in [5, 5.41) is 4.56. The van der Waals surface area contributed by atoms with Crippen LogP contribution >= 0.6 is 11.6 Å². The third-order valence-electron chi connectivity index (χ3n) is 3.20. The first-order chi connectivity index (χ1) is 12.2. The van der Waals surface area contributed by atoms with Crippen molar-refractivity contribution in [1.29, 1.82) is 0 Å². The minimum atomic E-state index is -4.70. The van der Waals surface area contributed by atoms with Crippen molar-refractivity contribution in [2.75, 3.05) is 11.9 Å². The van der Waals surface area contributed by atoms with E-state index in [9.17, 15) is 22.8 Å². The molecule has 2 aromatic rings. The number of pyridine rings is 1. The van der Waals surface area contributed by atoms with Gasteiger partial charge in [0.2, 0.25) is 0 Å². The van der Waals surface area contributed by atoms with Crippen LogP contribution in [0, 0.1) is 0 Å². The third kappa shape index (κ3) is 4.82. The quantitative estimate of drug-likeness (QED) is 0.769. The van der Waals surface area contributed by atoms with E-state index in [1.165, 1.54) is 24.4 Å². The van der Waals surface area contributed by atoms with Gasteiger partial charge in [-0.2, -0.15) is 13.2 Å². The minimum Gasteiger partial charge on any atom is -0.349 e. The van der Waals surface area contributed by atoms with Gasteiger partial charge in [0.25, 0.3) is 11.8 Å². The molecule has 1 aromatic heterocycles. The zero-order valence-electron chi connectivity index (χ0n) is 13.2. The van der Waals surface area contributed by atoms with Crippen molar-refractivity contribution in [2.45, 2.75) is 6.18 Å². The molecule has 0 radical (unpaired) electrons. The number of anilines is 1. The fraction of sp³-hybridized carbons (Fsp3) is 0.118. The number of alkyl halides is 3. The molecule has 0 bridgehead atoms. The van der Waals surface area contributed by atoms with E-state index in [0.717, 1.165) is 12.3 Å². The monoisotopic (exact) mass is 383 g/mol. The maximum atomic E-state index is 13.1. The van der Waals surface area contributed by atoms with Gasteiger partial charge in [-0.15, -0.1) is 6.58 Å². The second-order valence-corrected chi connectivity index (χ2v) is 5.54. The van der Waals surface area contributed by atoms with Crippen LogP contribution in [-0.2, 0) is 6.18 Å². The molecular weight excluding hydrogens is 371 g/mol. The van der Waals surface area contributed by atoms with Crippen molar-refractivity contribution < 1.29 is 22.8 Å². The van der Waals surface area contributed by atoms with Crippen LogP contribution in [-0.4, -0.2) is 23.3 Å². The number of hydrogen-bond acceptors (Lipinski definition) is 3. The van der Waals surface area contributed by atoms with Gasteiger partial charge in [0.15, 0.2) is 0 Å². The first-order valence-electron chi connectivity index (χ1n) is 7.24. The van der Waals surface area contributed by atoms with Gasteiger partial charge in [-0.1, -0.05) is 17.7 Å². The summed E-state index contributed by atoms with van der Waals surface area (Å²) < 4.78 is 39.3. The van der Waals surface area contributed by atoms with Crippen molar-refractivity contribution in [3.05, 3.63) is 71.0 Å². The summed E-state index contributed by atoms with van der Waals surface area (Å²) in [5.74, 6) is -1.33. The summed E-state index contributed by atoms with van der Waals surface area (Å²) in [4.78, 5) is 27.9. The van der Waals surface area contributed by atoms with Crippen LogP contribution in [0.1, 0.15) is 26.3 Å². The molecule has 1 aromatic carbocycles. The van der Waals surface area contributed by atoms with E-state index in [0.29, 0.717) is 6.07 Å². The Morgan fingerprint density at radius 3 is 2.42 bits per heavy atom. The Hall–Kier alpha value is -2.87. The number of carbonyl (C=O) groups excluding carboxylic acids is 2. The van der Waals surface area contributed by atoms with E-state index in [2.05, 4.69) is 22.2 Å². The average molecular weight is 384 g/mol. The fourth-order valence-electron chi connectivity index (χ4n) is 2.01. The molecule has 0 aliphatic heterocycles. The number of nitrogens with one attached hydrogen (secondary N) is 2. The molecule has 0 saturated heterocycles. The number of aromatic nitrogens is 1. The second-order valence-electron chi connectivity index (χ2n) is 5.10. The highest BCUT2D eigenvalue weighted by atomic mass is 35.5. The molecule has 0 spiro atoms. The molecule has 0 aliphatic carbocycles. The predicted octanol–water partition coefficient (Wildman–Crippen LogP) is 3.92. The Kier molecular flexibility index (Phi) is 5.99. The Labute approximate surface area is 151 Å². The number of halogens is 4. The maximum Gasteiger partial charge on any atom is 0.418 e. The summed E-state index contributed by atoms with van der Waals surface area (Å²) >= 11 is 5.60. The SMILES string of the molecule is C=CCNC(=O)c1cncc(C(=O)Nc2ccc(Cl)cc2C(F)(F)F)c1. The summed E-state index contributed by atoms with van der Waals surface area (Å²) in [6.45, 7) is 3.67. The average Bonchev–Trinajstić information content (AvgIpc) is 2.60. The number of rotatable bonds is 5. The number of carbonyl (C=O) groups is 2. The lowest BCUT2D eigenvalue weighted by atomic mass is 10.1. The highest BCUT2D eigenvalue weighted by Gasteiger charge is 2.34. The molecule has 1 heterocycles. The molecule has 2 N–H and O–H groups in total. The summed E-state index contributed by atoms with van der Waals surface area (Å²) in [6, 6.07) is 4.22. The lowest BCUT2D eigenvalue weighted by Gasteiger charge is -2.14. The summed E-state index contributed by atoms with van der Waals surface area (Å²) in [6.07, 6.45) is -0.847. The lowest BCUT2D eigenvalue weighted by molar-refractivity contribution is -0.136. The second kappa shape index (κ2) is 8.01. The fourth-order valence-corrected chi connectivity index (χ4v) is 2.18. The highest BCUT2D eigenvalue weighted by molar-refractivity contribution is 6.30. The van der Waals surface area contributed by atoms with Crippen molar-refractivity contribution in [2.24, 2.45) is 0 Å². The molecule has 26 heavy (non-hydrogen) atoms. The van der Waals surface area contributed by atoms with Crippen molar-refractivity contribution in [1.82, 2.24) is 10.3 Å². The summed E-state index contributed by atoms with van der Waals surface area (Å²) in [7, 11) is 0. The van der Waals surface area contributed by atoms with Crippen molar-refractivity contribution in [3.63, 3.8) is 0 Å². The van der Waals surface area contributed by atoms with E-state index < -0.39 is 29.2 Å². The molecular formula is C17H13ClF3N3O2. The van der Waals surface area contributed by atoms with Gasteiger partial charge >= 0.3 is 6.18 Å². The van der Waals surface area contributed by atoms with E-state index in [4.69, 9.17) is 11.6 Å². The number of benzene rings is 1. The molecule has 0 saturated carbocycles. The van der Waals surface area contributed by atoms with Crippen LogP contribution in [0.4, 0.5) is 18.9 Å². The standard InChI is InChI=1S/C17H13ClF3N3O2/c1-2-5-23-15(25)10-6-11(9-22-8-10)16(26)24-14-4-3-12(18)7-13(14)17(19,20)21/h2-4,6-9H,1,5H2,(H,23,25)(H,24,26). The molecule has 0 aliphatic rings. The van der Waals surface area contributed by atoms with E-state index in [-0.39, 0.29) is 22.7 Å². The Bertz CT molecular complexity index is 853. The smallest absolute Gasteiger partial charge is 0.349 e. The van der Waals surface area contributed by atoms with Crippen molar-refractivity contribution in [3.8, 4) is 0 Å². The van der Waals surface area contributed by atoms with Crippen LogP contribution in [0.15, 0.2) is 49.3 Å². The first-order valence-corrected chi connectivity index (χ1v) is 7.62. The van der Waals surface area contributed by atoms with Crippen LogP contribution < -0.4 is 10.6 Å². The van der Waals surface area contributed by atoms with Gasteiger partial charge < -0.3 is 10.6 Å². The topological polar surface area (TPSA) is 71.1 Å². The van der Waals surface area contributed by atoms with Gasteiger partial charge in [0.05, 0.1) is 22.4 Å². The minimum absolute atomic E-state index is 0.0701. The maximum absolute atomic E-state index is 13.1. The Balaban J connectivity index is 2.26. The molecule has 0 unspecified atom stereocenters. The van der Waals surface area contributed by atoms with Gasteiger partial charge in [0, 0.05) is 24.0 Å². The number of nitrogens with zero attached hydrogens (tertiary/aromatic N) is 1. The van der Waals surface area contributed by atoms with Crippen LogP contribution in [0.25, 0.3) is 0 Å². The Morgan fingerprint density at radius 2 is 1.81 bits per heavy atom. The van der Waals surface area contributed by atoms with Crippen LogP contribution in [0.5, 0.6) is 0 Å². The van der Waals surface area contributed by atoms with Gasteiger partial charge in [0.1, 0.15) is 0 Å². The molecule has 9 heteroatoms. The molecule has 0 atom stereocenters. The molecule has 0 fully saturated rings. The third-order valence-corrected chi connectivity index (χ3v) is 3.44. The predicted molar refractivity (Wildman–Crippen MR) is 91.2 cm³/mol. The molecule has 136 valence electrons. The van der Waals surface area contributed by atoms with Crippen LogP contribution in [0.3, 0.4) is 0 Å². The van der Waals surface area contributed by atoms with E-state index >= 15 is 0 Å². The lowest BCUT2D eigenvalue weighted by Crippen LogP contribution is -2.24. The van der Waals surface area contributed by atoms with E-state index in [1.807, 2.05) is 0 Å². The zero-order chi connectivity index (χ0) is 19.3.